The molecule has 2 aliphatic heterocycles. The van der Waals surface area contributed by atoms with Gasteiger partial charge in [0.05, 0.1) is 49.6 Å². The standard InChI is InChI=1S/C49H57N7O7/c1-27(2)36(25-51-48(60)62-5)46(58)56-40-11-8-7-10-34(40)23-42(56)38-24-43(57)35-18-17-32(22-37(35)52-38)30-13-14-31-21-33(16-15-29(31)20-30)39-26-50-45(53-39)41-12-9-19-55(41)47(59)44(28(3)4)54-49(61)63-6/h13-18,20-22,24-28,34,36,40-42,44H,7-12,19,23H2,1-6H3,(H,50,53)(H,52,57)(H,54,61)/t34-,36?,40-,41-,42?,44-/m0/s1. The molecule has 0 spiro atoms. The molecule has 2 aromatic heterocycles. The fourth-order valence-electron chi connectivity index (χ4n) is 10.0. The van der Waals surface area contributed by atoms with Crippen molar-refractivity contribution in [3.05, 3.63) is 88.6 Å². The van der Waals surface area contributed by atoms with Crippen molar-refractivity contribution < 1.29 is 28.7 Å². The van der Waals surface area contributed by atoms with Crippen molar-refractivity contribution in [2.75, 3.05) is 20.8 Å². The number of nitrogens with one attached hydrogen (secondary N) is 3. The number of imidazole rings is 1. The summed E-state index contributed by atoms with van der Waals surface area (Å²) in [5.74, 6) is -0.0447. The number of ether oxygens (including phenoxy) is 2. The van der Waals surface area contributed by atoms with Crippen LogP contribution in [0.3, 0.4) is 0 Å². The van der Waals surface area contributed by atoms with Gasteiger partial charge in [0.15, 0.2) is 5.43 Å². The Hall–Kier alpha value is -6.31. The Morgan fingerprint density at radius 1 is 0.810 bits per heavy atom. The molecule has 14 nitrogen and oxygen atoms in total. The van der Waals surface area contributed by atoms with E-state index in [1.54, 1.807) is 17.2 Å². The molecule has 1 saturated carbocycles. The number of H-pyrrole nitrogens is 2. The summed E-state index contributed by atoms with van der Waals surface area (Å²) in [4.78, 5) is 85.3. The minimum atomic E-state index is -0.743. The predicted molar refractivity (Wildman–Crippen MR) is 242 cm³/mol. The first kappa shape index (κ1) is 43.3. The minimum absolute atomic E-state index is 0.0529. The first-order valence-electron chi connectivity index (χ1n) is 22.2. The van der Waals surface area contributed by atoms with Gasteiger partial charge in [0.1, 0.15) is 11.9 Å². The number of benzene rings is 3. The lowest BCUT2D eigenvalue weighted by atomic mass is 9.84. The molecule has 6 atom stereocenters. The Morgan fingerprint density at radius 2 is 1.52 bits per heavy atom. The molecule has 3 aliphatic rings. The third-order valence-corrected chi connectivity index (χ3v) is 13.4. The predicted octanol–water partition coefficient (Wildman–Crippen LogP) is 8.72. The molecule has 1 aliphatic carbocycles. The minimum Gasteiger partial charge on any atom is -0.453 e. The van der Waals surface area contributed by atoms with E-state index in [1.807, 2.05) is 50.8 Å². The molecule has 4 amide bonds. The third-order valence-electron chi connectivity index (χ3n) is 13.4. The second kappa shape index (κ2) is 18.2. The van der Waals surface area contributed by atoms with Crippen LogP contribution < -0.4 is 10.7 Å². The summed E-state index contributed by atoms with van der Waals surface area (Å²) in [6, 6.07) is 18.9. The molecule has 330 valence electrons. The Morgan fingerprint density at radius 3 is 2.25 bits per heavy atom. The molecular formula is C49H57N7O7. The van der Waals surface area contributed by atoms with Crippen molar-refractivity contribution in [2.24, 2.45) is 28.7 Å². The zero-order valence-electron chi connectivity index (χ0n) is 36.9. The van der Waals surface area contributed by atoms with Crippen LogP contribution in [-0.4, -0.2) is 87.8 Å². The highest BCUT2D eigenvalue weighted by Gasteiger charge is 2.47. The van der Waals surface area contributed by atoms with Crippen LogP contribution >= 0.6 is 0 Å². The van der Waals surface area contributed by atoms with Crippen LogP contribution in [0.1, 0.15) is 96.2 Å². The number of fused-ring (bicyclic) bond motifs is 3. The first-order chi connectivity index (χ1) is 30.3. The number of nitrogens with zero attached hydrogens (tertiary/aromatic N) is 4. The van der Waals surface area contributed by atoms with E-state index in [-0.39, 0.29) is 47.2 Å². The highest BCUT2D eigenvalue weighted by Crippen LogP contribution is 2.47. The number of rotatable bonds is 10. The van der Waals surface area contributed by atoms with Crippen LogP contribution in [0.4, 0.5) is 9.59 Å². The Balaban J connectivity index is 1.04. The number of aliphatic imine (C=N–C) groups is 1. The van der Waals surface area contributed by atoms with Crippen LogP contribution in [0, 0.1) is 23.7 Å². The summed E-state index contributed by atoms with van der Waals surface area (Å²) in [5, 5.41) is 5.36. The van der Waals surface area contributed by atoms with Gasteiger partial charge in [-0.05, 0) is 96.0 Å². The maximum absolute atomic E-state index is 14.4. The van der Waals surface area contributed by atoms with Gasteiger partial charge in [-0.2, -0.15) is 4.99 Å². The number of carbonyl (C=O) groups excluding carboxylic acids is 4. The summed E-state index contributed by atoms with van der Waals surface area (Å²) in [6.45, 7) is 8.27. The summed E-state index contributed by atoms with van der Waals surface area (Å²) < 4.78 is 9.50. The number of likely N-dealkylation sites (tertiary alicyclic amines) is 2. The Labute approximate surface area is 366 Å². The van der Waals surface area contributed by atoms with Gasteiger partial charge in [0, 0.05) is 41.5 Å². The van der Waals surface area contributed by atoms with Gasteiger partial charge in [-0.25, -0.2) is 14.6 Å². The number of hydrogen-bond acceptors (Lipinski definition) is 8. The topological polar surface area (TPSA) is 179 Å². The molecule has 5 aromatic rings. The molecule has 2 unspecified atom stereocenters. The molecule has 8 rings (SSSR count). The molecule has 3 N–H and O–H groups in total. The Bertz CT molecular complexity index is 2630. The lowest BCUT2D eigenvalue weighted by Crippen LogP contribution is -2.51. The largest absolute Gasteiger partial charge is 0.453 e. The lowest BCUT2D eigenvalue weighted by Gasteiger charge is -2.36. The second-order valence-corrected chi connectivity index (χ2v) is 18.0. The molecule has 63 heavy (non-hydrogen) atoms. The monoisotopic (exact) mass is 855 g/mol. The second-order valence-electron chi connectivity index (χ2n) is 18.0. The summed E-state index contributed by atoms with van der Waals surface area (Å²) in [6.07, 6.45) is 8.29. The normalized spacial score (nSPS) is 21.0. The van der Waals surface area contributed by atoms with Crippen molar-refractivity contribution >= 4 is 51.9 Å². The summed E-state index contributed by atoms with van der Waals surface area (Å²) in [5.41, 5.74) is 5.07. The van der Waals surface area contributed by atoms with Crippen LogP contribution in [-0.2, 0) is 19.1 Å². The zero-order valence-corrected chi connectivity index (χ0v) is 36.9. The highest BCUT2D eigenvalue weighted by molar-refractivity contribution is 5.97. The molecule has 0 bridgehead atoms. The van der Waals surface area contributed by atoms with E-state index in [2.05, 4.69) is 56.7 Å². The average molecular weight is 856 g/mol. The van der Waals surface area contributed by atoms with E-state index < -0.39 is 24.1 Å². The van der Waals surface area contributed by atoms with Crippen LogP contribution in [0.5, 0.6) is 0 Å². The fourth-order valence-corrected chi connectivity index (χ4v) is 10.0. The van der Waals surface area contributed by atoms with E-state index in [9.17, 15) is 24.0 Å². The lowest BCUT2D eigenvalue weighted by molar-refractivity contribution is -0.138. The number of carbonyl (C=O) groups is 4. The van der Waals surface area contributed by atoms with Crippen LogP contribution in [0.15, 0.2) is 76.6 Å². The van der Waals surface area contributed by atoms with Crippen LogP contribution in [0.25, 0.3) is 44.1 Å². The van der Waals surface area contributed by atoms with Gasteiger partial charge in [0.2, 0.25) is 11.8 Å². The van der Waals surface area contributed by atoms with Gasteiger partial charge in [-0.3, -0.25) is 14.4 Å². The number of methoxy groups -OCH3 is 2. The SMILES string of the molecule is COC(=O)N=CC(C(=O)N1C(c2cc(=O)c3ccc(-c4ccc5cc(-c6cnc([C@@H]7CCCN7C(=O)[C@@H](NC(=O)OC)C(C)C)[nH]6)ccc5c4)cc3[nH]2)C[C@@H]2CCCC[C@@H]21)C(C)C. The van der Waals surface area contributed by atoms with E-state index in [4.69, 9.17) is 14.5 Å². The van der Waals surface area contributed by atoms with Crippen molar-refractivity contribution in [3.63, 3.8) is 0 Å². The van der Waals surface area contributed by atoms with E-state index in [1.165, 1.54) is 20.4 Å². The molecule has 14 heteroatoms. The van der Waals surface area contributed by atoms with Crippen molar-refractivity contribution in [1.82, 2.24) is 30.1 Å². The maximum Gasteiger partial charge on any atom is 0.432 e. The summed E-state index contributed by atoms with van der Waals surface area (Å²) in [7, 11) is 2.55. The van der Waals surface area contributed by atoms with Crippen molar-refractivity contribution in [2.45, 2.75) is 96.8 Å². The fraction of sp³-hybridized carbons (Fsp3) is 0.449. The number of aromatic amines is 2. The molecule has 3 fully saturated rings. The quantitative estimate of drug-likeness (QED) is 0.117. The van der Waals surface area contributed by atoms with E-state index in [0.29, 0.717) is 29.2 Å². The number of alkyl carbamates (subject to hydrolysis) is 1. The van der Waals surface area contributed by atoms with Gasteiger partial charge >= 0.3 is 12.2 Å². The number of hydrogen-bond donors (Lipinski definition) is 3. The van der Waals surface area contributed by atoms with E-state index in [0.717, 1.165) is 83.8 Å². The highest BCUT2D eigenvalue weighted by atomic mass is 16.5. The van der Waals surface area contributed by atoms with Crippen molar-refractivity contribution in [1.29, 1.82) is 0 Å². The van der Waals surface area contributed by atoms with Gasteiger partial charge < -0.3 is 34.6 Å². The average Bonchev–Trinajstić information content (AvgIpc) is 4.06. The number of amides is 4. The number of pyridine rings is 1. The Kier molecular flexibility index (Phi) is 12.5. The molecule has 2 saturated heterocycles. The van der Waals surface area contributed by atoms with E-state index >= 15 is 0 Å². The smallest absolute Gasteiger partial charge is 0.432 e. The molecule has 4 heterocycles. The molecule has 3 aromatic carbocycles. The first-order valence-corrected chi connectivity index (χ1v) is 22.2. The van der Waals surface area contributed by atoms with Crippen LogP contribution in [0.2, 0.25) is 0 Å². The van der Waals surface area contributed by atoms with Gasteiger partial charge in [0.25, 0.3) is 0 Å². The maximum atomic E-state index is 14.4. The van der Waals surface area contributed by atoms with Crippen molar-refractivity contribution in [3.8, 4) is 22.4 Å². The van der Waals surface area contributed by atoms with Gasteiger partial charge in [-0.1, -0.05) is 70.9 Å². The third kappa shape index (κ3) is 8.72. The van der Waals surface area contributed by atoms with Gasteiger partial charge in [-0.15, -0.1) is 0 Å². The zero-order chi connectivity index (χ0) is 44.5. The summed E-state index contributed by atoms with van der Waals surface area (Å²) >= 11 is 0. The number of aromatic nitrogens is 3. The molecule has 0 radical (unpaired) electrons. The molecular weight excluding hydrogens is 799 g/mol.